The van der Waals surface area contributed by atoms with Crippen LogP contribution in [-0.2, 0) is 22.0 Å². The highest BCUT2D eigenvalue weighted by Crippen LogP contribution is 2.32. The number of hydrogen-bond acceptors (Lipinski definition) is 2. The van der Waals surface area contributed by atoms with Gasteiger partial charge in [0.15, 0.2) is 0 Å². The Hall–Kier alpha value is -0.600. The molecule has 16 heavy (non-hydrogen) atoms. The zero-order chi connectivity index (χ0) is 12.6. The Labute approximate surface area is 98.2 Å². The molecule has 0 aromatic heterocycles. The van der Waals surface area contributed by atoms with E-state index < -0.39 is 27.6 Å². The van der Waals surface area contributed by atoms with Crippen molar-refractivity contribution < 1.29 is 26.1 Å². The number of rotatable bonds is 2. The van der Waals surface area contributed by atoms with E-state index in [1.165, 1.54) is 6.07 Å². The van der Waals surface area contributed by atoms with Crippen molar-refractivity contribution >= 4 is 26.0 Å². The van der Waals surface area contributed by atoms with Crippen LogP contribution >= 0.6 is 15.9 Å². The first-order valence-electron chi connectivity index (χ1n) is 3.90. The van der Waals surface area contributed by atoms with Crippen molar-refractivity contribution in [2.75, 3.05) is 0 Å². The molecule has 0 aliphatic heterocycles. The van der Waals surface area contributed by atoms with Gasteiger partial charge in [0.25, 0.3) is 10.1 Å². The summed E-state index contributed by atoms with van der Waals surface area (Å²) in [4.78, 5) is 0. The third-order valence-corrected chi connectivity index (χ3v) is 2.79. The Bertz CT molecular complexity index is 496. The molecule has 1 N–H and O–H groups in total. The molecule has 1 aromatic rings. The van der Waals surface area contributed by atoms with Crippen LogP contribution in [0.4, 0.5) is 13.2 Å². The Kier molecular flexibility index (Phi) is 3.65. The maximum atomic E-state index is 12.3. The van der Waals surface area contributed by atoms with Crippen LogP contribution in [0.3, 0.4) is 0 Å². The van der Waals surface area contributed by atoms with Crippen molar-refractivity contribution in [2.45, 2.75) is 11.9 Å². The van der Waals surface area contributed by atoms with Gasteiger partial charge in [-0.3, -0.25) is 4.55 Å². The summed E-state index contributed by atoms with van der Waals surface area (Å²) in [5, 5.41) is 0. The fourth-order valence-corrected chi connectivity index (χ4v) is 2.24. The number of halogens is 4. The van der Waals surface area contributed by atoms with E-state index in [1.54, 1.807) is 0 Å². The molecule has 0 spiro atoms. The van der Waals surface area contributed by atoms with Crippen molar-refractivity contribution in [3.05, 3.63) is 33.8 Å². The summed E-state index contributed by atoms with van der Waals surface area (Å²) in [7, 11) is -4.34. The van der Waals surface area contributed by atoms with Crippen LogP contribution in [0.1, 0.15) is 11.1 Å². The molecular formula is C8H6BrF3O3S. The summed E-state index contributed by atoms with van der Waals surface area (Å²) in [5.41, 5.74) is -1.11. The molecule has 0 fully saturated rings. The molecule has 0 atom stereocenters. The van der Waals surface area contributed by atoms with Crippen LogP contribution in [0.5, 0.6) is 0 Å². The highest BCUT2D eigenvalue weighted by Gasteiger charge is 2.31. The molecule has 90 valence electrons. The van der Waals surface area contributed by atoms with E-state index in [9.17, 15) is 21.6 Å². The molecule has 0 aliphatic carbocycles. The second-order valence-corrected chi connectivity index (χ2v) is 5.44. The third kappa shape index (κ3) is 4.11. The normalized spacial score (nSPS) is 12.8. The summed E-state index contributed by atoms with van der Waals surface area (Å²) in [6.07, 6.45) is -4.56. The van der Waals surface area contributed by atoms with Crippen LogP contribution in [0.15, 0.2) is 22.7 Å². The molecule has 0 bridgehead atoms. The molecule has 8 heteroatoms. The molecular weight excluding hydrogens is 313 g/mol. The number of hydrogen-bond donors (Lipinski definition) is 1. The first-order chi connectivity index (χ1) is 7.08. The first kappa shape index (κ1) is 13.5. The van der Waals surface area contributed by atoms with Gasteiger partial charge in [0.1, 0.15) is 5.75 Å². The van der Waals surface area contributed by atoms with Crippen LogP contribution in [0.2, 0.25) is 0 Å². The van der Waals surface area contributed by atoms with E-state index >= 15 is 0 Å². The van der Waals surface area contributed by atoms with Gasteiger partial charge in [-0.25, -0.2) is 0 Å². The lowest BCUT2D eigenvalue weighted by Crippen LogP contribution is -2.07. The van der Waals surface area contributed by atoms with E-state index in [-0.39, 0.29) is 10.0 Å². The van der Waals surface area contributed by atoms with Crippen molar-refractivity contribution in [2.24, 2.45) is 0 Å². The van der Waals surface area contributed by atoms with E-state index in [1.807, 2.05) is 0 Å². The minimum atomic E-state index is -4.56. The minimum absolute atomic E-state index is 0.0981. The summed E-state index contributed by atoms with van der Waals surface area (Å²) < 4.78 is 66.7. The van der Waals surface area contributed by atoms with Crippen LogP contribution < -0.4 is 0 Å². The lowest BCUT2D eigenvalue weighted by Gasteiger charge is -2.09. The van der Waals surface area contributed by atoms with Gasteiger partial charge >= 0.3 is 6.18 Å². The Morgan fingerprint density at radius 1 is 1.25 bits per heavy atom. The third-order valence-electron chi connectivity index (χ3n) is 1.63. The van der Waals surface area contributed by atoms with Crippen LogP contribution in [-0.4, -0.2) is 13.0 Å². The monoisotopic (exact) mass is 318 g/mol. The zero-order valence-electron chi connectivity index (χ0n) is 7.62. The van der Waals surface area contributed by atoms with Crippen molar-refractivity contribution in [3.63, 3.8) is 0 Å². The van der Waals surface area contributed by atoms with Crippen molar-refractivity contribution in [1.29, 1.82) is 0 Å². The molecule has 0 heterocycles. The Morgan fingerprint density at radius 3 is 2.25 bits per heavy atom. The summed E-state index contributed by atoms with van der Waals surface area (Å²) >= 11 is 2.84. The van der Waals surface area contributed by atoms with Gasteiger partial charge in [0, 0.05) is 4.47 Å². The van der Waals surface area contributed by atoms with E-state index in [0.29, 0.717) is 6.07 Å². The Morgan fingerprint density at radius 2 is 1.81 bits per heavy atom. The first-order valence-corrected chi connectivity index (χ1v) is 6.30. The smallest absolute Gasteiger partial charge is 0.285 e. The van der Waals surface area contributed by atoms with Gasteiger partial charge in [-0.15, -0.1) is 0 Å². The van der Waals surface area contributed by atoms with Crippen LogP contribution in [0.25, 0.3) is 0 Å². The summed E-state index contributed by atoms with van der Waals surface area (Å²) in [6.45, 7) is 0. The average Bonchev–Trinajstić information content (AvgIpc) is 1.97. The molecule has 1 rings (SSSR count). The molecule has 3 nitrogen and oxygen atoms in total. The summed E-state index contributed by atoms with van der Waals surface area (Å²) in [5.74, 6) is -0.852. The second-order valence-electron chi connectivity index (χ2n) is 3.07. The van der Waals surface area contributed by atoms with E-state index in [2.05, 4.69) is 15.9 Å². The molecule has 0 unspecified atom stereocenters. The lowest BCUT2D eigenvalue weighted by molar-refractivity contribution is -0.137. The SMILES string of the molecule is O=S(=O)(O)Cc1cc(Br)cc(C(F)(F)F)c1. The number of alkyl halides is 3. The van der Waals surface area contributed by atoms with Crippen LogP contribution in [0, 0.1) is 0 Å². The van der Waals surface area contributed by atoms with Crippen molar-refractivity contribution in [3.8, 4) is 0 Å². The molecule has 0 saturated heterocycles. The molecule has 1 aromatic carbocycles. The van der Waals surface area contributed by atoms with Gasteiger partial charge < -0.3 is 0 Å². The second kappa shape index (κ2) is 4.34. The largest absolute Gasteiger partial charge is 0.416 e. The molecule has 0 radical (unpaired) electrons. The summed E-state index contributed by atoms with van der Waals surface area (Å²) in [6, 6.07) is 2.70. The van der Waals surface area contributed by atoms with Gasteiger partial charge in [-0.1, -0.05) is 15.9 Å². The predicted octanol–water partition coefficient (Wildman–Crippen LogP) is 2.86. The highest BCUT2D eigenvalue weighted by molar-refractivity contribution is 9.10. The van der Waals surface area contributed by atoms with E-state index in [4.69, 9.17) is 4.55 Å². The van der Waals surface area contributed by atoms with E-state index in [0.717, 1.165) is 6.07 Å². The molecule has 0 saturated carbocycles. The predicted molar refractivity (Wildman–Crippen MR) is 54.4 cm³/mol. The quantitative estimate of drug-likeness (QED) is 0.853. The minimum Gasteiger partial charge on any atom is -0.285 e. The Balaban J connectivity index is 3.19. The maximum absolute atomic E-state index is 12.3. The molecule has 0 amide bonds. The average molecular weight is 319 g/mol. The van der Waals surface area contributed by atoms with Gasteiger partial charge in [0.2, 0.25) is 0 Å². The standard InChI is InChI=1S/C8H6BrF3O3S/c9-7-2-5(4-16(13,14)15)1-6(3-7)8(10,11)12/h1-3H,4H2,(H,13,14,15). The topological polar surface area (TPSA) is 54.4 Å². The highest BCUT2D eigenvalue weighted by atomic mass is 79.9. The van der Waals surface area contributed by atoms with Gasteiger partial charge in [-0.05, 0) is 23.8 Å². The zero-order valence-corrected chi connectivity index (χ0v) is 10.0. The lowest BCUT2D eigenvalue weighted by atomic mass is 10.1. The molecule has 0 aliphatic rings. The van der Waals surface area contributed by atoms with Gasteiger partial charge in [0.05, 0.1) is 5.56 Å². The van der Waals surface area contributed by atoms with Gasteiger partial charge in [-0.2, -0.15) is 21.6 Å². The van der Waals surface area contributed by atoms with Crippen molar-refractivity contribution in [1.82, 2.24) is 0 Å². The maximum Gasteiger partial charge on any atom is 0.416 e. The fraction of sp³-hybridized carbons (Fsp3) is 0.250. The fourth-order valence-electron chi connectivity index (χ4n) is 1.11. The number of benzene rings is 1.